The Hall–Kier alpha value is -0.490. The minimum atomic E-state index is 0.821. The fourth-order valence-electron chi connectivity index (χ4n) is 1.25. The largest absolute Gasteiger partial charge is 0.486 e. The summed E-state index contributed by atoms with van der Waals surface area (Å²) in [4.78, 5) is 0. The maximum Gasteiger partial charge on any atom is 0.188 e. The van der Waals surface area contributed by atoms with Gasteiger partial charge in [0.05, 0.1) is 10.7 Å². The van der Waals surface area contributed by atoms with E-state index in [0.717, 1.165) is 19.7 Å². The van der Waals surface area contributed by atoms with Crippen molar-refractivity contribution in [3.05, 3.63) is 21.8 Å². The first-order valence-electron chi connectivity index (χ1n) is 3.74. The monoisotopic (exact) mass is 305 g/mol. The lowest BCUT2D eigenvalue weighted by Gasteiger charge is -1.96. The molecule has 0 saturated heterocycles. The number of nitrogens with two attached hydrogens (primary N) is 1. The maximum atomic E-state index is 5.87. The standard InChI is InChI=1S/C9H8INOS/c1-12-9-8(10)7-5(11)3-2-4-6(7)13-9/h2-4H,11H2,1H3. The Morgan fingerprint density at radius 3 is 2.85 bits per heavy atom. The Labute approximate surface area is 93.8 Å². The average molecular weight is 305 g/mol. The van der Waals surface area contributed by atoms with Gasteiger partial charge >= 0.3 is 0 Å². The number of benzene rings is 1. The van der Waals surface area contributed by atoms with Crippen molar-refractivity contribution in [2.45, 2.75) is 0 Å². The molecule has 0 amide bonds. The summed E-state index contributed by atoms with van der Waals surface area (Å²) in [5, 5.41) is 2.05. The SMILES string of the molecule is COc1sc2cccc(N)c2c1I. The lowest BCUT2D eigenvalue weighted by atomic mass is 10.2. The van der Waals surface area contributed by atoms with Crippen molar-refractivity contribution < 1.29 is 4.74 Å². The van der Waals surface area contributed by atoms with Crippen LogP contribution in [0.25, 0.3) is 10.1 Å². The van der Waals surface area contributed by atoms with E-state index in [2.05, 4.69) is 28.7 Å². The zero-order chi connectivity index (χ0) is 9.42. The van der Waals surface area contributed by atoms with Crippen LogP contribution >= 0.6 is 33.9 Å². The van der Waals surface area contributed by atoms with Gasteiger partial charge in [0.15, 0.2) is 5.06 Å². The average Bonchev–Trinajstić information content (AvgIpc) is 2.44. The molecule has 0 saturated carbocycles. The van der Waals surface area contributed by atoms with E-state index in [1.165, 1.54) is 4.70 Å². The minimum absolute atomic E-state index is 0.821. The molecule has 1 aromatic heterocycles. The van der Waals surface area contributed by atoms with Crippen molar-refractivity contribution in [1.29, 1.82) is 0 Å². The molecule has 0 aliphatic heterocycles. The third-order valence-corrected chi connectivity index (χ3v) is 4.36. The van der Waals surface area contributed by atoms with Crippen molar-refractivity contribution in [3.63, 3.8) is 0 Å². The van der Waals surface area contributed by atoms with Gasteiger partial charge in [-0.25, -0.2) is 0 Å². The number of thiophene rings is 1. The predicted molar refractivity (Wildman–Crippen MR) is 65.5 cm³/mol. The quantitative estimate of drug-likeness (QED) is 0.649. The van der Waals surface area contributed by atoms with Crippen LogP contribution in [0.2, 0.25) is 0 Å². The molecule has 0 bridgehead atoms. The molecule has 4 heteroatoms. The van der Waals surface area contributed by atoms with Crippen molar-refractivity contribution in [1.82, 2.24) is 0 Å². The van der Waals surface area contributed by atoms with E-state index in [0.29, 0.717) is 0 Å². The summed E-state index contributed by atoms with van der Waals surface area (Å²) in [7, 11) is 1.68. The Kier molecular flexibility index (Phi) is 2.33. The Morgan fingerprint density at radius 1 is 1.46 bits per heavy atom. The van der Waals surface area contributed by atoms with Gasteiger partial charge in [-0.1, -0.05) is 17.4 Å². The molecule has 0 radical (unpaired) electrons. The predicted octanol–water partition coefficient (Wildman–Crippen LogP) is 3.10. The molecule has 0 unspecified atom stereocenters. The van der Waals surface area contributed by atoms with Crippen molar-refractivity contribution in [2.75, 3.05) is 12.8 Å². The van der Waals surface area contributed by atoms with E-state index < -0.39 is 0 Å². The normalized spacial score (nSPS) is 10.6. The summed E-state index contributed by atoms with van der Waals surface area (Å²) in [5.74, 6) is 0. The third kappa shape index (κ3) is 1.38. The van der Waals surface area contributed by atoms with E-state index in [4.69, 9.17) is 10.5 Å². The van der Waals surface area contributed by atoms with E-state index in [9.17, 15) is 0 Å². The lowest BCUT2D eigenvalue weighted by Crippen LogP contribution is -1.85. The number of halogens is 1. The number of anilines is 1. The van der Waals surface area contributed by atoms with E-state index in [-0.39, 0.29) is 0 Å². The number of methoxy groups -OCH3 is 1. The molecule has 2 rings (SSSR count). The maximum absolute atomic E-state index is 5.87. The van der Waals surface area contributed by atoms with Crippen LogP contribution in [0.15, 0.2) is 18.2 Å². The van der Waals surface area contributed by atoms with E-state index in [1.54, 1.807) is 18.4 Å². The second-order valence-electron chi connectivity index (χ2n) is 2.63. The fourth-order valence-corrected chi connectivity index (χ4v) is 3.52. The Balaban J connectivity index is 2.85. The third-order valence-electron chi connectivity index (χ3n) is 1.85. The van der Waals surface area contributed by atoms with Crippen LogP contribution in [0, 0.1) is 3.57 Å². The molecule has 13 heavy (non-hydrogen) atoms. The number of ether oxygens (including phenoxy) is 1. The number of hydrogen-bond acceptors (Lipinski definition) is 3. The van der Waals surface area contributed by atoms with Crippen LogP contribution in [-0.2, 0) is 0 Å². The fraction of sp³-hybridized carbons (Fsp3) is 0.111. The zero-order valence-corrected chi connectivity index (χ0v) is 9.98. The van der Waals surface area contributed by atoms with Crippen molar-refractivity contribution in [2.24, 2.45) is 0 Å². The van der Waals surface area contributed by atoms with Crippen LogP contribution < -0.4 is 10.5 Å². The smallest absolute Gasteiger partial charge is 0.188 e. The Morgan fingerprint density at radius 2 is 2.23 bits per heavy atom. The molecule has 1 aromatic carbocycles. The van der Waals surface area contributed by atoms with E-state index in [1.807, 2.05) is 12.1 Å². The zero-order valence-electron chi connectivity index (χ0n) is 7.00. The second kappa shape index (κ2) is 3.34. The molecule has 2 nitrogen and oxygen atoms in total. The molecule has 0 aliphatic carbocycles. The molecule has 2 N–H and O–H groups in total. The molecule has 2 aromatic rings. The van der Waals surface area contributed by atoms with Gasteiger partial charge in [-0.05, 0) is 34.7 Å². The Bertz CT molecular complexity index is 452. The van der Waals surface area contributed by atoms with Gasteiger partial charge in [0.25, 0.3) is 0 Å². The summed E-state index contributed by atoms with van der Waals surface area (Å²) in [5.41, 5.74) is 6.69. The van der Waals surface area contributed by atoms with Crippen molar-refractivity contribution in [3.8, 4) is 5.06 Å². The van der Waals surface area contributed by atoms with Gasteiger partial charge in [0.2, 0.25) is 0 Å². The summed E-state index contributed by atoms with van der Waals surface area (Å²) in [6.07, 6.45) is 0. The highest BCUT2D eigenvalue weighted by molar-refractivity contribution is 14.1. The molecular formula is C9H8INOS. The first-order chi connectivity index (χ1) is 6.24. The first-order valence-corrected chi connectivity index (χ1v) is 5.64. The summed E-state index contributed by atoms with van der Waals surface area (Å²) >= 11 is 3.89. The highest BCUT2D eigenvalue weighted by Crippen LogP contribution is 2.40. The molecule has 0 aliphatic rings. The van der Waals surface area contributed by atoms with Gasteiger partial charge in [0.1, 0.15) is 0 Å². The summed E-state index contributed by atoms with van der Waals surface area (Å²) in [6.45, 7) is 0. The highest BCUT2D eigenvalue weighted by atomic mass is 127. The number of fused-ring (bicyclic) bond motifs is 1. The van der Waals surface area contributed by atoms with Gasteiger partial charge < -0.3 is 10.5 Å². The molecule has 0 spiro atoms. The van der Waals surface area contributed by atoms with Gasteiger partial charge in [-0.3, -0.25) is 0 Å². The second-order valence-corrected chi connectivity index (χ2v) is 4.72. The van der Waals surface area contributed by atoms with Crippen LogP contribution in [0.4, 0.5) is 5.69 Å². The highest BCUT2D eigenvalue weighted by Gasteiger charge is 2.11. The molecule has 1 heterocycles. The molecule has 0 atom stereocenters. The minimum Gasteiger partial charge on any atom is -0.486 e. The molecular weight excluding hydrogens is 297 g/mol. The molecule has 68 valence electrons. The number of nitrogen functional groups attached to an aromatic ring is 1. The topological polar surface area (TPSA) is 35.2 Å². The number of rotatable bonds is 1. The summed E-state index contributed by atoms with van der Waals surface area (Å²) in [6, 6.07) is 5.93. The van der Waals surface area contributed by atoms with Gasteiger partial charge in [-0.15, -0.1) is 0 Å². The summed E-state index contributed by atoms with van der Waals surface area (Å²) < 4.78 is 7.53. The van der Waals surface area contributed by atoms with Crippen LogP contribution in [0.1, 0.15) is 0 Å². The van der Waals surface area contributed by atoms with Gasteiger partial charge in [0, 0.05) is 15.8 Å². The first kappa shape index (κ1) is 9.08. The van der Waals surface area contributed by atoms with E-state index >= 15 is 0 Å². The van der Waals surface area contributed by atoms with Crippen LogP contribution in [0.5, 0.6) is 5.06 Å². The number of hydrogen-bond donors (Lipinski definition) is 1. The lowest BCUT2D eigenvalue weighted by molar-refractivity contribution is 0.425. The van der Waals surface area contributed by atoms with Gasteiger partial charge in [-0.2, -0.15) is 0 Å². The van der Waals surface area contributed by atoms with Crippen LogP contribution in [0.3, 0.4) is 0 Å². The van der Waals surface area contributed by atoms with Crippen LogP contribution in [-0.4, -0.2) is 7.11 Å². The van der Waals surface area contributed by atoms with Crippen molar-refractivity contribution >= 4 is 49.7 Å². The molecule has 0 fully saturated rings.